The first-order valence-corrected chi connectivity index (χ1v) is 17.0. The third-order valence-corrected chi connectivity index (χ3v) is 9.97. The SMILES string of the molecule is O=C(Nc1cn(CC(=O)N2CCN(CCN3CCOCC3)CC2)nc1-c1cc(SC2CC2)ccc1OC(F)F)c1cnn2cccnc12. The number of morpholine rings is 1. The number of halogens is 2. The maximum atomic E-state index is 13.5. The zero-order chi connectivity index (χ0) is 33.0. The van der Waals surface area contributed by atoms with Gasteiger partial charge in [-0.2, -0.15) is 19.0 Å². The summed E-state index contributed by atoms with van der Waals surface area (Å²) in [4.78, 5) is 38.7. The van der Waals surface area contributed by atoms with Crippen molar-refractivity contribution in [1.29, 1.82) is 0 Å². The molecule has 0 spiro atoms. The highest BCUT2D eigenvalue weighted by Crippen LogP contribution is 2.43. The number of hydrogen-bond donors (Lipinski definition) is 1. The number of nitrogens with one attached hydrogen (secondary N) is 1. The number of nitrogens with zero attached hydrogens (tertiary/aromatic N) is 8. The van der Waals surface area contributed by atoms with Gasteiger partial charge in [0.2, 0.25) is 5.91 Å². The minimum absolute atomic E-state index is 0.0805. The number of hydrogen-bond acceptors (Lipinski definition) is 10. The molecule has 3 aromatic heterocycles. The van der Waals surface area contributed by atoms with Gasteiger partial charge in [0.25, 0.3) is 5.91 Å². The molecule has 13 nitrogen and oxygen atoms in total. The molecule has 5 heterocycles. The summed E-state index contributed by atoms with van der Waals surface area (Å²) in [6.45, 7) is 4.93. The second kappa shape index (κ2) is 14.6. The fourth-order valence-corrected chi connectivity index (χ4v) is 6.97. The topological polar surface area (TPSA) is 122 Å². The van der Waals surface area contributed by atoms with E-state index in [9.17, 15) is 18.4 Å². The number of amides is 2. The molecule has 0 radical (unpaired) electrons. The maximum absolute atomic E-state index is 13.5. The van der Waals surface area contributed by atoms with E-state index in [2.05, 4.69) is 30.3 Å². The average Bonchev–Trinajstić information content (AvgIpc) is 3.66. The van der Waals surface area contributed by atoms with Crippen LogP contribution >= 0.6 is 11.8 Å². The molecule has 1 N–H and O–H groups in total. The number of aromatic nitrogens is 5. The zero-order valence-electron chi connectivity index (χ0n) is 26.3. The predicted octanol–water partition coefficient (Wildman–Crippen LogP) is 3.18. The Morgan fingerprint density at radius 3 is 2.58 bits per heavy atom. The molecule has 0 unspecified atom stereocenters. The highest BCUT2D eigenvalue weighted by Gasteiger charge is 2.27. The lowest BCUT2D eigenvalue weighted by Gasteiger charge is -2.36. The van der Waals surface area contributed by atoms with E-state index in [0.29, 0.717) is 24.0 Å². The van der Waals surface area contributed by atoms with Crippen LogP contribution in [0.5, 0.6) is 5.75 Å². The van der Waals surface area contributed by atoms with Crippen LogP contribution in [0, 0.1) is 0 Å². The number of piperazine rings is 1. The van der Waals surface area contributed by atoms with Gasteiger partial charge >= 0.3 is 6.61 Å². The van der Waals surface area contributed by atoms with Crippen molar-refractivity contribution in [3.63, 3.8) is 0 Å². The van der Waals surface area contributed by atoms with Gasteiger partial charge in [0.15, 0.2) is 5.65 Å². The molecular formula is C32H37F2N9O4S. The number of alkyl halides is 2. The monoisotopic (exact) mass is 681 g/mol. The van der Waals surface area contributed by atoms with Gasteiger partial charge in [0.1, 0.15) is 23.6 Å². The second-order valence-corrected chi connectivity index (χ2v) is 13.4. The third kappa shape index (κ3) is 7.77. The predicted molar refractivity (Wildman–Crippen MR) is 174 cm³/mol. The van der Waals surface area contributed by atoms with Crippen LogP contribution < -0.4 is 10.1 Å². The van der Waals surface area contributed by atoms with Gasteiger partial charge < -0.3 is 19.7 Å². The molecule has 1 saturated carbocycles. The normalized spacial score (nSPS) is 17.7. The summed E-state index contributed by atoms with van der Waals surface area (Å²) in [5, 5.41) is 12.2. The number of rotatable bonds is 12. The zero-order valence-corrected chi connectivity index (χ0v) is 27.2. The van der Waals surface area contributed by atoms with Gasteiger partial charge in [-0.05, 0) is 37.1 Å². The standard InChI is InChI=1S/C32H37F2N9O4S/c33-32(34)47-27-5-4-23(48-22-2-3-22)18-24(27)29-26(37-31(45)25-19-36-43-7-1-6-35-30(25)43)20-42(38-29)21-28(44)41-12-10-39(11-13-41)8-9-40-14-16-46-17-15-40/h1,4-7,18-20,22,32H,2-3,8-17,21H2,(H,37,45). The van der Waals surface area contributed by atoms with Crippen LogP contribution in [0.4, 0.5) is 14.5 Å². The highest BCUT2D eigenvalue weighted by molar-refractivity contribution is 8.00. The second-order valence-electron chi connectivity index (χ2n) is 12.0. The van der Waals surface area contributed by atoms with Crippen molar-refractivity contribution < 1.29 is 27.8 Å². The van der Waals surface area contributed by atoms with Crippen LogP contribution in [0.1, 0.15) is 23.2 Å². The van der Waals surface area contributed by atoms with Crippen molar-refractivity contribution in [3.05, 3.63) is 54.6 Å². The first kappa shape index (κ1) is 32.4. The average molecular weight is 682 g/mol. The van der Waals surface area contributed by atoms with Gasteiger partial charge in [-0.25, -0.2) is 9.50 Å². The van der Waals surface area contributed by atoms with Gasteiger partial charge in [-0.1, -0.05) is 0 Å². The van der Waals surface area contributed by atoms with E-state index >= 15 is 0 Å². The van der Waals surface area contributed by atoms with E-state index in [1.165, 1.54) is 21.5 Å². The number of anilines is 1. The molecule has 3 aliphatic rings. The first-order chi connectivity index (χ1) is 23.4. The summed E-state index contributed by atoms with van der Waals surface area (Å²) in [7, 11) is 0. The number of carbonyl (C=O) groups excluding carboxylic acids is 2. The van der Waals surface area contributed by atoms with E-state index in [-0.39, 0.29) is 40.7 Å². The number of benzene rings is 1. The van der Waals surface area contributed by atoms with E-state index in [0.717, 1.165) is 70.2 Å². The summed E-state index contributed by atoms with van der Waals surface area (Å²) in [6.07, 6.45) is 8.37. The van der Waals surface area contributed by atoms with Gasteiger partial charge in [-0.3, -0.25) is 24.1 Å². The van der Waals surface area contributed by atoms with E-state index in [1.807, 2.05) is 4.90 Å². The van der Waals surface area contributed by atoms with Crippen molar-refractivity contribution in [1.82, 2.24) is 39.1 Å². The largest absolute Gasteiger partial charge is 0.434 e. The van der Waals surface area contributed by atoms with Crippen LogP contribution in [0.3, 0.4) is 0 Å². The van der Waals surface area contributed by atoms with Crippen molar-refractivity contribution in [2.24, 2.45) is 0 Å². The molecule has 3 fully saturated rings. The summed E-state index contributed by atoms with van der Waals surface area (Å²) < 4.78 is 40.3. The van der Waals surface area contributed by atoms with Crippen LogP contribution in [0.2, 0.25) is 0 Å². The summed E-state index contributed by atoms with van der Waals surface area (Å²) in [6, 6.07) is 6.69. The van der Waals surface area contributed by atoms with Crippen molar-refractivity contribution >= 4 is 34.9 Å². The fraction of sp³-hybridized carbons (Fsp3) is 0.469. The Morgan fingerprint density at radius 1 is 1.06 bits per heavy atom. The Balaban J connectivity index is 1.11. The van der Waals surface area contributed by atoms with E-state index < -0.39 is 12.5 Å². The molecule has 254 valence electrons. The number of thioether (sulfide) groups is 1. The Labute approximate surface area is 280 Å². The van der Waals surface area contributed by atoms with Gasteiger partial charge in [0.05, 0.1) is 25.1 Å². The highest BCUT2D eigenvalue weighted by atomic mass is 32.2. The van der Waals surface area contributed by atoms with Crippen molar-refractivity contribution in [2.75, 3.05) is 70.9 Å². The molecule has 7 rings (SSSR count). The van der Waals surface area contributed by atoms with Crippen LogP contribution in [-0.2, 0) is 16.1 Å². The molecule has 48 heavy (non-hydrogen) atoms. The van der Waals surface area contributed by atoms with Crippen molar-refractivity contribution in [3.8, 4) is 17.0 Å². The summed E-state index contributed by atoms with van der Waals surface area (Å²) >= 11 is 1.66. The lowest BCUT2D eigenvalue weighted by molar-refractivity contribution is -0.133. The summed E-state index contributed by atoms with van der Waals surface area (Å²) in [5.74, 6) is -0.712. The Hall–Kier alpha value is -4.12. The number of fused-ring (bicyclic) bond motifs is 1. The lowest BCUT2D eigenvalue weighted by Crippen LogP contribution is -2.51. The van der Waals surface area contributed by atoms with Gasteiger partial charge in [-0.15, -0.1) is 11.8 Å². The van der Waals surface area contributed by atoms with E-state index in [4.69, 9.17) is 9.47 Å². The Kier molecular flexibility index (Phi) is 9.83. The number of carbonyl (C=O) groups is 2. The Morgan fingerprint density at radius 2 is 1.83 bits per heavy atom. The minimum atomic E-state index is -3.07. The van der Waals surface area contributed by atoms with Gasteiger partial charge in [0, 0.05) is 86.7 Å². The molecule has 0 atom stereocenters. The van der Waals surface area contributed by atoms with Crippen LogP contribution in [0.15, 0.2) is 53.9 Å². The van der Waals surface area contributed by atoms with Crippen molar-refractivity contribution in [2.45, 2.75) is 36.1 Å². The molecule has 1 aliphatic carbocycles. The third-order valence-electron chi connectivity index (χ3n) is 8.64. The minimum Gasteiger partial charge on any atom is -0.434 e. The number of ether oxygens (including phenoxy) is 2. The van der Waals surface area contributed by atoms with E-state index in [1.54, 1.807) is 48.6 Å². The smallest absolute Gasteiger partial charge is 0.387 e. The lowest BCUT2D eigenvalue weighted by atomic mass is 10.1. The van der Waals surface area contributed by atoms with Crippen LogP contribution in [-0.4, -0.2) is 128 Å². The molecule has 2 saturated heterocycles. The molecular weight excluding hydrogens is 644 g/mol. The first-order valence-electron chi connectivity index (χ1n) is 16.1. The maximum Gasteiger partial charge on any atom is 0.387 e. The molecule has 16 heteroatoms. The van der Waals surface area contributed by atoms with Crippen LogP contribution in [0.25, 0.3) is 16.9 Å². The fourth-order valence-electron chi connectivity index (χ4n) is 5.88. The molecule has 4 aromatic rings. The molecule has 2 amide bonds. The molecule has 1 aromatic carbocycles. The summed E-state index contributed by atoms with van der Waals surface area (Å²) in [5.41, 5.74) is 1.31. The quantitative estimate of drug-likeness (QED) is 0.239. The Bertz CT molecular complexity index is 1750. The molecule has 0 bridgehead atoms. The molecule has 2 aliphatic heterocycles.